The number of hydrogen-bond donors (Lipinski definition) is 0. The molecule has 0 unspecified atom stereocenters. The van der Waals surface area contributed by atoms with Crippen LogP contribution in [-0.4, -0.2) is 58.9 Å². The van der Waals surface area contributed by atoms with Crippen LogP contribution in [-0.2, 0) is 6.54 Å². The maximum absolute atomic E-state index is 15.4. The molecule has 0 amide bonds. The second-order valence-electron chi connectivity index (χ2n) is 10.9. The van der Waals surface area contributed by atoms with Crippen molar-refractivity contribution in [2.24, 2.45) is 0 Å². The van der Waals surface area contributed by atoms with Crippen molar-refractivity contribution in [3.63, 3.8) is 0 Å². The van der Waals surface area contributed by atoms with Crippen LogP contribution in [0.2, 0.25) is 0 Å². The van der Waals surface area contributed by atoms with Gasteiger partial charge in [0.1, 0.15) is 5.82 Å². The van der Waals surface area contributed by atoms with Gasteiger partial charge in [0.05, 0.1) is 46.2 Å². The molecule has 5 heterocycles. The van der Waals surface area contributed by atoms with E-state index in [1.54, 1.807) is 10.6 Å². The predicted molar refractivity (Wildman–Crippen MR) is 154 cm³/mol. The summed E-state index contributed by atoms with van der Waals surface area (Å²) < 4.78 is 19.4. The first kappa shape index (κ1) is 24.8. The summed E-state index contributed by atoms with van der Waals surface area (Å²) in [5.74, 6) is -0.00417. The second-order valence-corrected chi connectivity index (χ2v) is 10.9. The summed E-state index contributed by atoms with van der Waals surface area (Å²) in [7, 11) is 0. The van der Waals surface area contributed by atoms with Crippen molar-refractivity contribution in [1.29, 1.82) is 0 Å². The highest BCUT2D eigenvalue weighted by atomic mass is 19.1. The molecule has 0 bridgehead atoms. The van der Waals surface area contributed by atoms with Crippen molar-refractivity contribution < 1.29 is 4.39 Å². The molecule has 1 aliphatic rings. The number of rotatable bonds is 6. The van der Waals surface area contributed by atoms with E-state index >= 15 is 4.39 Å². The summed E-state index contributed by atoms with van der Waals surface area (Å²) in [6, 6.07) is 15.5. The number of piperidine rings is 1. The molecule has 8 nitrogen and oxygen atoms in total. The van der Waals surface area contributed by atoms with Crippen LogP contribution in [0.25, 0.3) is 38.8 Å². The molecule has 6 aromatic rings. The average Bonchev–Trinajstić information content (AvgIpc) is 3.56. The lowest BCUT2D eigenvalue weighted by Gasteiger charge is -2.31. The Morgan fingerprint density at radius 2 is 1.80 bits per heavy atom. The predicted octanol–water partition coefficient (Wildman–Crippen LogP) is 5.71. The zero-order chi connectivity index (χ0) is 27.2. The molecule has 1 saturated heterocycles. The number of likely N-dealkylation sites (tertiary alicyclic amines) is 1. The molecule has 0 spiro atoms. The third-order valence-corrected chi connectivity index (χ3v) is 8.11. The Balaban J connectivity index is 1.02. The highest BCUT2D eigenvalue weighted by Gasteiger charge is 2.23. The first-order chi connectivity index (χ1) is 19.5. The minimum atomic E-state index is -0.297. The first-order valence-electron chi connectivity index (χ1n) is 13.9. The van der Waals surface area contributed by atoms with Crippen LogP contribution in [0.3, 0.4) is 0 Å². The molecule has 9 heteroatoms. The number of fused-ring (bicyclic) bond motifs is 3. The Hall–Kier alpha value is -4.24. The summed E-state index contributed by atoms with van der Waals surface area (Å²) in [6.45, 7) is 7.96. The summed E-state index contributed by atoms with van der Waals surface area (Å²) in [4.78, 5) is 11.5. The number of aryl methyl sites for hydroxylation is 3. The maximum Gasteiger partial charge on any atom is 0.156 e. The molecule has 0 aliphatic carbocycles. The average molecular weight is 535 g/mol. The quantitative estimate of drug-likeness (QED) is 0.272. The Morgan fingerprint density at radius 1 is 0.950 bits per heavy atom. The first-order valence-corrected chi connectivity index (χ1v) is 13.9. The third kappa shape index (κ3) is 4.60. The smallest absolute Gasteiger partial charge is 0.156 e. The molecule has 2 aromatic carbocycles. The van der Waals surface area contributed by atoms with Gasteiger partial charge >= 0.3 is 0 Å². The lowest BCUT2D eigenvalue weighted by Crippen LogP contribution is -2.34. The molecular weight excluding hydrogens is 503 g/mol. The summed E-state index contributed by atoms with van der Waals surface area (Å²) >= 11 is 0. The maximum atomic E-state index is 15.4. The largest absolute Gasteiger partial charge is 0.331 e. The molecule has 40 heavy (non-hydrogen) atoms. The van der Waals surface area contributed by atoms with Crippen LogP contribution in [0.1, 0.15) is 42.1 Å². The molecule has 0 radical (unpaired) electrons. The Kier molecular flexibility index (Phi) is 6.23. The van der Waals surface area contributed by atoms with E-state index in [4.69, 9.17) is 0 Å². The number of aromatic nitrogens is 7. The highest BCUT2D eigenvalue weighted by molar-refractivity contribution is 5.84. The van der Waals surface area contributed by atoms with Crippen molar-refractivity contribution in [2.45, 2.75) is 45.6 Å². The lowest BCUT2D eigenvalue weighted by atomic mass is 9.92. The summed E-state index contributed by atoms with van der Waals surface area (Å²) in [5.41, 5.74) is 7.72. The van der Waals surface area contributed by atoms with Gasteiger partial charge in [-0.3, -0.25) is 0 Å². The van der Waals surface area contributed by atoms with E-state index in [1.165, 1.54) is 5.52 Å². The van der Waals surface area contributed by atoms with Gasteiger partial charge in [-0.05, 0) is 94.7 Å². The van der Waals surface area contributed by atoms with Gasteiger partial charge in [-0.15, -0.1) is 0 Å². The topological polar surface area (TPSA) is 77.0 Å². The minimum Gasteiger partial charge on any atom is -0.331 e. The van der Waals surface area contributed by atoms with E-state index in [-0.39, 0.29) is 5.82 Å². The van der Waals surface area contributed by atoms with Crippen molar-refractivity contribution in [3.05, 3.63) is 83.8 Å². The third-order valence-electron chi connectivity index (χ3n) is 8.11. The molecule has 0 atom stereocenters. The van der Waals surface area contributed by atoms with Crippen molar-refractivity contribution >= 4 is 27.6 Å². The molecule has 7 rings (SSSR count). The van der Waals surface area contributed by atoms with E-state index < -0.39 is 0 Å². The van der Waals surface area contributed by atoms with Gasteiger partial charge in [-0.2, -0.15) is 15.3 Å². The van der Waals surface area contributed by atoms with Crippen LogP contribution < -0.4 is 0 Å². The molecular formula is C31H31FN8. The zero-order valence-corrected chi connectivity index (χ0v) is 22.8. The van der Waals surface area contributed by atoms with E-state index in [2.05, 4.69) is 52.9 Å². The van der Waals surface area contributed by atoms with E-state index in [0.29, 0.717) is 28.1 Å². The molecule has 4 aromatic heterocycles. The number of nitrogens with zero attached hydrogens (tertiary/aromatic N) is 8. The number of imidazole rings is 2. The van der Waals surface area contributed by atoms with Gasteiger partial charge in [-0.1, -0.05) is 12.1 Å². The lowest BCUT2D eigenvalue weighted by molar-refractivity contribution is 0.206. The van der Waals surface area contributed by atoms with Crippen molar-refractivity contribution in [1.82, 2.24) is 39.2 Å². The fourth-order valence-corrected chi connectivity index (χ4v) is 5.96. The van der Waals surface area contributed by atoms with Crippen LogP contribution in [0.4, 0.5) is 4.39 Å². The number of para-hydroxylation sites is 2. The normalized spacial score (nSPS) is 15.1. The SMILES string of the molecule is Cc1cn2nc(-c3cc(F)c4cc(C5CCN(CCCn6cnc7ccccc76)CC5)nnc4c3)cc(C)c2n1. The second kappa shape index (κ2) is 10.1. The van der Waals surface area contributed by atoms with E-state index in [1.807, 2.05) is 50.6 Å². The van der Waals surface area contributed by atoms with Crippen LogP contribution in [0.5, 0.6) is 0 Å². The van der Waals surface area contributed by atoms with E-state index in [9.17, 15) is 0 Å². The highest BCUT2D eigenvalue weighted by Crippen LogP contribution is 2.31. The fourth-order valence-electron chi connectivity index (χ4n) is 5.96. The number of benzene rings is 2. The Morgan fingerprint density at radius 3 is 2.67 bits per heavy atom. The van der Waals surface area contributed by atoms with Crippen LogP contribution in [0, 0.1) is 19.7 Å². The minimum absolute atomic E-state index is 0.293. The van der Waals surface area contributed by atoms with E-state index in [0.717, 1.165) is 73.6 Å². The summed E-state index contributed by atoms with van der Waals surface area (Å²) in [6.07, 6.45) is 6.90. The summed E-state index contributed by atoms with van der Waals surface area (Å²) in [5, 5.41) is 14.2. The van der Waals surface area contributed by atoms with Crippen LogP contribution in [0.15, 0.2) is 61.1 Å². The van der Waals surface area contributed by atoms with Gasteiger partial charge in [0, 0.05) is 23.4 Å². The molecule has 202 valence electrons. The van der Waals surface area contributed by atoms with Crippen molar-refractivity contribution in [3.8, 4) is 11.3 Å². The Bertz CT molecular complexity index is 1850. The van der Waals surface area contributed by atoms with Gasteiger partial charge in [0.2, 0.25) is 0 Å². The number of halogens is 1. The van der Waals surface area contributed by atoms with Crippen molar-refractivity contribution in [2.75, 3.05) is 19.6 Å². The van der Waals surface area contributed by atoms with Gasteiger partial charge in [0.25, 0.3) is 0 Å². The van der Waals surface area contributed by atoms with Gasteiger partial charge < -0.3 is 9.47 Å². The monoisotopic (exact) mass is 534 g/mol. The van der Waals surface area contributed by atoms with Gasteiger partial charge in [-0.25, -0.2) is 18.9 Å². The van der Waals surface area contributed by atoms with Crippen LogP contribution >= 0.6 is 0 Å². The van der Waals surface area contributed by atoms with Gasteiger partial charge in [0.15, 0.2) is 5.65 Å². The zero-order valence-electron chi connectivity index (χ0n) is 22.8. The molecule has 0 saturated carbocycles. The number of hydrogen-bond acceptors (Lipinski definition) is 6. The Labute approximate surface area is 231 Å². The fraction of sp³-hybridized carbons (Fsp3) is 0.323. The molecule has 1 aliphatic heterocycles. The molecule has 0 N–H and O–H groups in total. The molecule has 1 fully saturated rings. The standard InChI is InChI=1S/C31H31FN8/c1-20-14-28(37-40-18-21(2)34-31(20)40)23-15-25(32)24-17-27(35-36-29(24)16-23)22-8-12-38(13-9-22)10-5-11-39-19-33-26-6-3-4-7-30(26)39/h3-4,6-7,14-19,22H,5,8-13H2,1-2H3.